The minimum atomic E-state index is -0.729. The topological polar surface area (TPSA) is 130 Å². The molecule has 0 bridgehead atoms. The van der Waals surface area contributed by atoms with Gasteiger partial charge in [0, 0.05) is 26.4 Å². The Morgan fingerprint density at radius 3 is 2.29 bits per heavy atom. The molecule has 0 heterocycles. The Kier molecular flexibility index (Phi) is 9.65. The molecule has 8 nitrogen and oxygen atoms in total. The number of hydrogen-bond donors (Lipinski definition) is 4. The minimum Gasteiger partial charge on any atom is -0.368 e. The van der Waals surface area contributed by atoms with E-state index in [9.17, 15) is 19.2 Å². The molecule has 0 fully saturated rings. The van der Waals surface area contributed by atoms with Crippen LogP contribution in [0, 0.1) is 0 Å². The molecule has 5 N–H and O–H groups in total. The van der Waals surface area contributed by atoms with Gasteiger partial charge >= 0.3 is 0 Å². The van der Waals surface area contributed by atoms with E-state index in [-0.39, 0.29) is 30.6 Å². The number of nitrogens with two attached hydrogens (primary N) is 1. The van der Waals surface area contributed by atoms with Crippen LogP contribution in [0.3, 0.4) is 0 Å². The van der Waals surface area contributed by atoms with Crippen LogP contribution in [-0.2, 0) is 14.4 Å². The molecule has 0 saturated heterocycles. The van der Waals surface area contributed by atoms with Crippen molar-refractivity contribution >= 4 is 31.4 Å². The quantitative estimate of drug-likeness (QED) is 0.274. The Labute approximate surface area is 125 Å². The van der Waals surface area contributed by atoms with Crippen molar-refractivity contribution in [3.63, 3.8) is 0 Å². The largest absolute Gasteiger partial charge is 0.368 e. The predicted molar refractivity (Wildman–Crippen MR) is 80.2 cm³/mol. The van der Waals surface area contributed by atoms with Crippen LogP contribution < -0.4 is 21.7 Å². The molecule has 0 aromatic carbocycles. The van der Waals surface area contributed by atoms with E-state index in [1.165, 1.54) is 14.8 Å². The third kappa shape index (κ3) is 11.5. The molecule has 118 valence electrons. The van der Waals surface area contributed by atoms with Crippen molar-refractivity contribution in [1.29, 1.82) is 0 Å². The Morgan fingerprint density at radius 2 is 1.76 bits per heavy atom. The first-order valence-corrected chi connectivity index (χ1v) is 6.90. The van der Waals surface area contributed by atoms with Gasteiger partial charge in [-0.2, -0.15) is 0 Å². The Bertz CT molecular complexity index is 389. The first kappa shape index (κ1) is 18.9. The molecule has 0 saturated carbocycles. The van der Waals surface area contributed by atoms with Gasteiger partial charge in [0.1, 0.15) is 6.04 Å². The summed E-state index contributed by atoms with van der Waals surface area (Å²) in [6, 6.07) is -0.729. The third-order valence-electron chi connectivity index (χ3n) is 2.70. The van der Waals surface area contributed by atoms with Gasteiger partial charge < -0.3 is 21.7 Å². The van der Waals surface area contributed by atoms with E-state index >= 15 is 0 Å². The van der Waals surface area contributed by atoms with Crippen molar-refractivity contribution in [1.82, 2.24) is 16.0 Å². The Hall–Kier alpha value is -2.06. The summed E-state index contributed by atoms with van der Waals surface area (Å²) < 4.78 is 0. The van der Waals surface area contributed by atoms with Gasteiger partial charge in [-0.15, -0.1) is 0 Å². The second-order valence-corrected chi connectivity index (χ2v) is 4.73. The zero-order valence-electron chi connectivity index (χ0n) is 12.5. The first-order chi connectivity index (χ1) is 9.82. The van der Waals surface area contributed by atoms with Gasteiger partial charge in [0.2, 0.25) is 25.6 Å². The molecule has 0 aliphatic rings. The van der Waals surface area contributed by atoms with Crippen LogP contribution in [0.4, 0.5) is 4.79 Å². The predicted octanol–water partition coefficient (Wildman–Crippen LogP) is -2.00. The highest BCUT2D eigenvalue weighted by molar-refractivity contribution is 6.57. The van der Waals surface area contributed by atoms with Crippen LogP contribution >= 0.6 is 0 Å². The molecule has 0 aliphatic carbocycles. The lowest BCUT2D eigenvalue weighted by molar-refractivity contribution is -0.127. The van der Waals surface area contributed by atoms with Crippen molar-refractivity contribution < 1.29 is 19.2 Å². The summed E-state index contributed by atoms with van der Waals surface area (Å²) in [6.45, 7) is 2.10. The van der Waals surface area contributed by atoms with Gasteiger partial charge in [-0.05, 0) is 19.3 Å². The number of primary amides is 1. The Balaban J connectivity index is 3.95. The highest BCUT2D eigenvalue weighted by atomic mass is 16.2. The van der Waals surface area contributed by atoms with Crippen molar-refractivity contribution in [2.24, 2.45) is 5.73 Å². The van der Waals surface area contributed by atoms with Gasteiger partial charge in [0.15, 0.2) is 5.81 Å². The molecule has 0 spiro atoms. The fourth-order valence-corrected chi connectivity index (χ4v) is 1.64. The molecular formula is C12H23BN4O4. The molecule has 0 aromatic heterocycles. The summed E-state index contributed by atoms with van der Waals surface area (Å²) >= 11 is 0. The summed E-state index contributed by atoms with van der Waals surface area (Å²) in [7, 11) is 1.43. The summed E-state index contributed by atoms with van der Waals surface area (Å²) in [5, 5.41) is 7.68. The zero-order chi connectivity index (χ0) is 16.3. The lowest BCUT2D eigenvalue weighted by atomic mass is 10.1. The average molecular weight is 298 g/mol. The van der Waals surface area contributed by atoms with Crippen molar-refractivity contribution in [2.75, 3.05) is 13.1 Å². The van der Waals surface area contributed by atoms with E-state index in [0.717, 1.165) is 0 Å². The smallest absolute Gasteiger partial charge is 0.239 e. The third-order valence-corrected chi connectivity index (χ3v) is 2.70. The SMILES string of the molecule is BC(=O)NCCCCC(NC(=O)CCNC(C)=O)C(N)=O. The van der Waals surface area contributed by atoms with Crippen LogP contribution in [0.15, 0.2) is 0 Å². The fourth-order valence-electron chi connectivity index (χ4n) is 1.64. The van der Waals surface area contributed by atoms with Crippen LogP contribution in [0.5, 0.6) is 0 Å². The fraction of sp³-hybridized carbons (Fsp3) is 0.667. The van der Waals surface area contributed by atoms with E-state index in [2.05, 4.69) is 16.0 Å². The van der Waals surface area contributed by atoms with E-state index in [4.69, 9.17) is 5.73 Å². The highest BCUT2D eigenvalue weighted by Gasteiger charge is 2.17. The molecule has 1 atom stereocenters. The minimum absolute atomic E-state index is 0.0925. The Morgan fingerprint density at radius 1 is 1.10 bits per heavy atom. The zero-order valence-corrected chi connectivity index (χ0v) is 12.5. The molecule has 4 amide bonds. The maximum atomic E-state index is 11.6. The van der Waals surface area contributed by atoms with Gasteiger partial charge in [0.25, 0.3) is 0 Å². The summed E-state index contributed by atoms with van der Waals surface area (Å²) in [6.07, 6.45) is 1.86. The van der Waals surface area contributed by atoms with E-state index in [1.54, 1.807) is 0 Å². The number of carbonyl (C=O) groups excluding carboxylic acids is 4. The maximum Gasteiger partial charge on any atom is 0.239 e. The molecule has 9 heteroatoms. The number of nitrogens with one attached hydrogen (secondary N) is 3. The van der Waals surface area contributed by atoms with E-state index in [1.807, 2.05) is 0 Å². The molecule has 0 aromatic rings. The number of carbonyl (C=O) groups is 4. The van der Waals surface area contributed by atoms with E-state index < -0.39 is 11.9 Å². The summed E-state index contributed by atoms with van der Waals surface area (Å²) in [4.78, 5) is 44.2. The van der Waals surface area contributed by atoms with Crippen LogP contribution in [0.1, 0.15) is 32.6 Å². The second kappa shape index (κ2) is 10.7. The number of rotatable bonds is 10. The summed E-state index contributed by atoms with van der Waals surface area (Å²) in [5.41, 5.74) is 5.23. The monoisotopic (exact) mass is 298 g/mol. The van der Waals surface area contributed by atoms with Gasteiger partial charge in [-0.25, -0.2) is 0 Å². The second-order valence-electron chi connectivity index (χ2n) is 4.73. The van der Waals surface area contributed by atoms with Crippen LogP contribution in [0.2, 0.25) is 0 Å². The number of hydrogen-bond acceptors (Lipinski definition) is 4. The molecule has 21 heavy (non-hydrogen) atoms. The lowest BCUT2D eigenvalue weighted by Crippen LogP contribution is -2.45. The summed E-state index contributed by atoms with van der Waals surface area (Å²) in [5.74, 6) is -1.25. The van der Waals surface area contributed by atoms with Crippen molar-refractivity contribution in [2.45, 2.75) is 38.6 Å². The van der Waals surface area contributed by atoms with E-state index in [0.29, 0.717) is 25.8 Å². The highest BCUT2D eigenvalue weighted by Crippen LogP contribution is 2.01. The molecule has 1 unspecified atom stereocenters. The van der Waals surface area contributed by atoms with Gasteiger partial charge in [-0.1, -0.05) is 0 Å². The molecule has 0 rings (SSSR count). The standard InChI is InChI=1S/C12H23BN4O4/c1-8(18)15-7-5-10(19)17-9(11(14)20)4-2-3-6-16-12(13)21/h9H,2-7,13H2,1H3,(H2,14,20)(H,15,18)(H,16,21)(H,17,19). The van der Waals surface area contributed by atoms with Crippen molar-refractivity contribution in [3.8, 4) is 0 Å². The number of unbranched alkanes of at least 4 members (excludes halogenated alkanes) is 1. The molecule has 0 aliphatic heterocycles. The molecular weight excluding hydrogens is 275 g/mol. The lowest BCUT2D eigenvalue weighted by Gasteiger charge is -2.15. The van der Waals surface area contributed by atoms with Gasteiger partial charge in [0.05, 0.1) is 0 Å². The van der Waals surface area contributed by atoms with Crippen LogP contribution in [-0.4, -0.2) is 50.5 Å². The first-order valence-electron chi connectivity index (χ1n) is 6.90. The average Bonchev–Trinajstić information content (AvgIpc) is 2.35. The maximum absolute atomic E-state index is 11.6. The molecule has 0 radical (unpaired) electrons. The normalized spacial score (nSPS) is 11.3. The van der Waals surface area contributed by atoms with Gasteiger partial charge in [-0.3, -0.25) is 19.2 Å². The number of amides is 4. The van der Waals surface area contributed by atoms with Crippen LogP contribution in [0.25, 0.3) is 0 Å². The van der Waals surface area contributed by atoms with Crippen molar-refractivity contribution in [3.05, 3.63) is 0 Å².